The topological polar surface area (TPSA) is 96.8 Å². The number of nitrogens with one attached hydrogen (secondary N) is 2. The minimum absolute atomic E-state index is 0.320. The van der Waals surface area contributed by atoms with E-state index in [-0.39, 0.29) is 0 Å². The van der Waals surface area contributed by atoms with Gasteiger partial charge in [0.15, 0.2) is 0 Å². The number of hydrazone groups is 1. The van der Waals surface area contributed by atoms with Gasteiger partial charge in [-0.3, -0.25) is 0 Å². The Hall–Kier alpha value is -4.21. The smallest absolute Gasteiger partial charge is 0.250 e. The molecule has 0 amide bonds. The van der Waals surface area contributed by atoms with Gasteiger partial charge < -0.3 is 19.7 Å². The van der Waals surface area contributed by atoms with E-state index in [1.165, 1.54) is 0 Å². The molecule has 0 radical (unpaired) electrons. The lowest BCUT2D eigenvalue weighted by molar-refractivity contribution is 0.122. The number of aromatic nitrogens is 3. The first-order valence-electron chi connectivity index (χ1n) is 11.9. The Bertz CT molecular complexity index is 1350. The van der Waals surface area contributed by atoms with Gasteiger partial charge in [0.25, 0.3) is 0 Å². The average Bonchev–Trinajstić information content (AvgIpc) is 2.94. The highest BCUT2D eigenvalue weighted by Crippen LogP contribution is 2.22. The van der Waals surface area contributed by atoms with Gasteiger partial charge in [0.2, 0.25) is 17.8 Å². The van der Waals surface area contributed by atoms with Crippen LogP contribution in [-0.4, -0.2) is 47.5 Å². The Morgan fingerprint density at radius 3 is 2.46 bits per heavy atom. The van der Waals surface area contributed by atoms with Crippen LogP contribution in [0.25, 0.3) is 0 Å². The maximum absolute atomic E-state index is 6.26. The summed E-state index contributed by atoms with van der Waals surface area (Å²) >= 11 is 6.26. The van der Waals surface area contributed by atoms with Crippen LogP contribution in [0.5, 0.6) is 5.75 Å². The zero-order valence-electron chi connectivity index (χ0n) is 20.0. The van der Waals surface area contributed by atoms with Crippen molar-refractivity contribution in [2.45, 2.75) is 6.61 Å². The number of hydrogen-bond donors (Lipinski definition) is 2. The number of nitrogens with zero attached hydrogens (tertiary/aromatic N) is 5. The van der Waals surface area contributed by atoms with Crippen LogP contribution in [0.1, 0.15) is 11.1 Å². The summed E-state index contributed by atoms with van der Waals surface area (Å²) < 4.78 is 11.5. The molecule has 2 N–H and O–H groups in total. The van der Waals surface area contributed by atoms with E-state index in [1.807, 2.05) is 78.9 Å². The number of benzene rings is 3. The van der Waals surface area contributed by atoms with Crippen molar-refractivity contribution in [2.75, 3.05) is 41.9 Å². The molecule has 188 valence electrons. The maximum Gasteiger partial charge on any atom is 0.250 e. The first-order valence-corrected chi connectivity index (χ1v) is 12.3. The summed E-state index contributed by atoms with van der Waals surface area (Å²) in [6.07, 6.45) is 1.67. The van der Waals surface area contributed by atoms with Crippen LogP contribution in [0.2, 0.25) is 5.02 Å². The quantitative estimate of drug-likeness (QED) is 0.234. The molecule has 1 aromatic heterocycles. The van der Waals surface area contributed by atoms with E-state index in [9.17, 15) is 0 Å². The lowest BCUT2D eigenvalue weighted by atomic mass is 10.2. The number of morpholine rings is 1. The Balaban J connectivity index is 1.32. The van der Waals surface area contributed by atoms with E-state index in [2.05, 4.69) is 35.7 Å². The van der Waals surface area contributed by atoms with Crippen molar-refractivity contribution in [1.82, 2.24) is 15.0 Å². The van der Waals surface area contributed by atoms with E-state index >= 15 is 0 Å². The van der Waals surface area contributed by atoms with Gasteiger partial charge in [-0.1, -0.05) is 60.1 Å². The Morgan fingerprint density at radius 2 is 1.62 bits per heavy atom. The standard InChI is InChI=1S/C27H26ClN7O2/c28-23-12-6-4-9-21(23)19-37-24-13-7-5-8-20(24)18-29-34-26-31-25(30-22-10-2-1-3-11-22)32-27(33-26)35-14-16-36-17-15-35/h1-13,18H,14-17,19H2,(H2,30,31,32,33,34)/b29-18-. The fourth-order valence-corrected chi connectivity index (χ4v) is 3.87. The third-order valence-electron chi connectivity index (χ3n) is 5.58. The first-order chi connectivity index (χ1) is 18.2. The molecule has 0 bridgehead atoms. The zero-order chi connectivity index (χ0) is 25.3. The summed E-state index contributed by atoms with van der Waals surface area (Å²) in [5, 5.41) is 8.28. The SMILES string of the molecule is Clc1ccccc1COc1ccccc1/C=N\Nc1nc(Nc2ccccc2)nc(N2CCOCC2)n1. The fourth-order valence-electron chi connectivity index (χ4n) is 3.68. The van der Waals surface area contributed by atoms with Crippen molar-refractivity contribution in [2.24, 2.45) is 5.10 Å². The van der Waals surface area contributed by atoms with Gasteiger partial charge in [-0.25, -0.2) is 5.43 Å². The summed E-state index contributed by atoms with van der Waals surface area (Å²) in [5.41, 5.74) is 5.53. The van der Waals surface area contributed by atoms with Crippen LogP contribution in [-0.2, 0) is 11.3 Å². The molecule has 37 heavy (non-hydrogen) atoms. The predicted octanol–water partition coefficient (Wildman–Crippen LogP) is 5.13. The second-order valence-corrected chi connectivity index (χ2v) is 8.57. The summed E-state index contributed by atoms with van der Waals surface area (Å²) in [4.78, 5) is 15.7. The lowest BCUT2D eigenvalue weighted by Crippen LogP contribution is -2.37. The normalized spacial score (nSPS) is 13.5. The van der Waals surface area contributed by atoms with Crippen molar-refractivity contribution in [3.63, 3.8) is 0 Å². The zero-order valence-corrected chi connectivity index (χ0v) is 20.8. The fraction of sp³-hybridized carbons (Fsp3) is 0.185. The van der Waals surface area contributed by atoms with Crippen LogP contribution < -0.4 is 20.4 Å². The number of halogens is 1. The molecule has 1 fully saturated rings. The molecule has 0 unspecified atom stereocenters. The molecule has 5 rings (SSSR count). The van der Waals surface area contributed by atoms with Crippen LogP contribution in [0, 0.1) is 0 Å². The van der Waals surface area contributed by atoms with Crippen LogP contribution >= 0.6 is 11.6 Å². The molecular weight excluding hydrogens is 490 g/mol. The maximum atomic E-state index is 6.26. The third-order valence-corrected chi connectivity index (χ3v) is 5.94. The minimum atomic E-state index is 0.320. The van der Waals surface area contributed by atoms with Crippen LogP contribution in [0.4, 0.5) is 23.5 Å². The Labute approximate surface area is 220 Å². The molecule has 1 saturated heterocycles. The van der Waals surface area contributed by atoms with Crippen LogP contribution in [0.3, 0.4) is 0 Å². The molecule has 10 heteroatoms. The van der Waals surface area contributed by atoms with Gasteiger partial charge in [-0.05, 0) is 30.3 Å². The van der Waals surface area contributed by atoms with Gasteiger partial charge in [0.1, 0.15) is 12.4 Å². The third kappa shape index (κ3) is 6.72. The van der Waals surface area contributed by atoms with Gasteiger partial charge in [-0.15, -0.1) is 0 Å². The molecule has 1 aliphatic heterocycles. The van der Waals surface area contributed by atoms with Crippen molar-refractivity contribution in [1.29, 1.82) is 0 Å². The van der Waals surface area contributed by atoms with E-state index in [1.54, 1.807) is 6.21 Å². The summed E-state index contributed by atoms with van der Waals surface area (Å²) in [5.74, 6) is 1.98. The molecular formula is C27H26ClN7O2. The van der Waals surface area contributed by atoms with Crippen molar-refractivity contribution in [3.8, 4) is 5.75 Å². The second-order valence-electron chi connectivity index (χ2n) is 8.16. The van der Waals surface area contributed by atoms with E-state index in [4.69, 9.17) is 21.1 Å². The highest BCUT2D eigenvalue weighted by Gasteiger charge is 2.17. The molecule has 3 aromatic carbocycles. The highest BCUT2D eigenvalue weighted by atomic mass is 35.5. The number of hydrogen-bond acceptors (Lipinski definition) is 9. The number of rotatable bonds is 9. The van der Waals surface area contributed by atoms with E-state index in [0.717, 1.165) is 16.8 Å². The van der Waals surface area contributed by atoms with Gasteiger partial charge in [0.05, 0.1) is 19.4 Å². The Kier molecular flexibility index (Phi) is 8.04. The van der Waals surface area contributed by atoms with Gasteiger partial charge in [0, 0.05) is 34.9 Å². The Morgan fingerprint density at radius 1 is 0.892 bits per heavy atom. The predicted molar refractivity (Wildman–Crippen MR) is 146 cm³/mol. The first kappa shape index (κ1) is 24.5. The molecule has 0 spiro atoms. The molecule has 0 saturated carbocycles. The summed E-state index contributed by atoms with van der Waals surface area (Å²) in [6.45, 7) is 3.00. The van der Waals surface area contributed by atoms with Crippen molar-refractivity contribution in [3.05, 3.63) is 95.0 Å². The van der Waals surface area contributed by atoms with Crippen molar-refractivity contribution >= 4 is 41.3 Å². The molecule has 0 atom stereocenters. The summed E-state index contributed by atoms with van der Waals surface area (Å²) in [6, 6.07) is 25.0. The molecule has 4 aromatic rings. The minimum Gasteiger partial charge on any atom is -0.488 e. The lowest BCUT2D eigenvalue weighted by Gasteiger charge is -2.27. The van der Waals surface area contributed by atoms with Gasteiger partial charge in [-0.2, -0.15) is 20.1 Å². The van der Waals surface area contributed by atoms with Gasteiger partial charge >= 0.3 is 0 Å². The molecule has 1 aliphatic rings. The highest BCUT2D eigenvalue weighted by molar-refractivity contribution is 6.31. The van der Waals surface area contributed by atoms with E-state index in [0.29, 0.717) is 61.5 Å². The van der Waals surface area contributed by atoms with Crippen molar-refractivity contribution < 1.29 is 9.47 Å². The molecule has 2 heterocycles. The molecule has 0 aliphatic carbocycles. The molecule has 9 nitrogen and oxygen atoms in total. The van der Waals surface area contributed by atoms with Crippen LogP contribution in [0.15, 0.2) is 84.0 Å². The summed E-state index contributed by atoms with van der Waals surface area (Å²) in [7, 11) is 0. The largest absolute Gasteiger partial charge is 0.488 e. The monoisotopic (exact) mass is 515 g/mol. The number of ether oxygens (including phenoxy) is 2. The van der Waals surface area contributed by atoms with E-state index < -0.39 is 0 Å². The average molecular weight is 516 g/mol. The second kappa shape index (κ2) is 12.2. The number of para-hydroxylation sites is 2. The number of anilines is 4.